The molecule has 0 aromatic rings. The molecule has 0 aliphatic carbocycles. The Labute approximate surface area is 102 Å². The van der Waals surface area contributed by atoms with E-state index in [1.807, 2.05) is 6.07 Å². The van der Waals surface area contributed by atoms with E-state index in [9.17, 15) is 9.59 Å². The maximum absolute atomic E-state index is 11.8. The van der Waals surface area contributed by atoms with E-state index in [1.54, 1.807) is 11.9 Å². The van der Waals surface area contributed by atoms with Crippen LogP contribution in [0.5, 0.6) is 0 Å². The molecule has 0 N–H and O–H groups in total. The fraction of sp³-hybridized carbons (Fsp3) is 0.750. The van der Waals surface area contributed by atoms with Gasteiger partial charge in [-0.3, -0.25) is 9.59 Å². The topological polar surface area (TPSA) is 64.4 Å². The van der Waals surface area contributed by atoms with Crippen LogP contribution in [0.25, 0.3) is 0 Å². The van der Waals surface area contributed by atoms with E-state index in [0.717, 1.165) is 6.42 Å². The molecule has 1 unspecified atom stereocenters. The van der Waals surface area contributed by atoms with Gasteiger partial charge < -0.3 is 9.80 Å². The standard InChI is InChI=1S/C12H19N3O2/c1-3-10-7-11(16)15(8-10)9-12(17)14(2)6-4-5-13/h10H,3-4,6-9H2,1-2H3. The SMILES string of the molecule is CCC1CC(=O)N(CC(=O)N(C)CCC#N)C1. The summed E-state index contributed by atoms with van der Waals surface area (Å²) in [6.07, 6.45) is 1.86. The van der Waals surface area contributed by atoms with Gasteiger partial charge in [-0.2, -0.15) is 5.26 Å². The van der Waals surface area contributed by atoms with Crippen molar-refractivity contribution in [3.8, 4) is 6.07 Å². The quantitative estimate of drug-likeness (QED) is 0.704. The predicted octanol–water partition coefficient (Wildman–Crippen LogP) is 0.617. The average molecular weight is 237 g/mol. The lowest BCUT2D eigenvalue weighted by Crippen LogP contribution is -2.39. The van der Waals surface area contributed by atoms with Crippen LogP contribution in [0.2, 0.25) is 0 Å². The van der Waals surface area contributed by atoms with Crippen LogP contribution in [0.1, 0.15) is 26.2 Å². The summed E-state index contributed by atoms with van der Waals surface area (Å²) in [5.41, 5.74) is 0. The molecule has 2 amide bonds. The highest BCUT2D eigenvalue weighted by Crippen LogP contribution is 2.20. The number of likely N-dealkylation sites (N-methyl/N-ethyl adjacent to an activating group) is 1. The minimum absolute atomic E-state index is 0.0684. The van der Waals surface area contributed by atoms with Crippen LogP contribution in [0.3, 0.4) is 0 Å². The molecule has 0 spiro atoms. The minimum atomic E-state index is -0.0923. The zero-order valence-electron chi connectivity index (χ0n) is 10.5. The molecule has 5 nitrogen and oxygen atoms in total. The van der Waals surface area contributed by atoms with Crippen LogP contribution in [0.4, 0.5) is 0 Å². The van der Waals surface area contributed by atoms with Crippen LogP contribution < -0.4 is 0 Å². The largest absolute Gasteiger partial charge is 0.343 e. The number of carbonyl (C=O) groups excluding carboxylic acids is 2. The Morgan fingerprint density at radius 2 is 2.35 bits per heavy atom. The van der Waals surface area contributed by atoms with Crippen molar-refractivity contribution in [2.75, 3.05) is 26.7 Å². The molecule has 94 valence electrons. The minimum Gasteiger partial charge on any atom is -0.343 e. The molecule has 0 saturated carbocycles. The molecule has 17 heavy (non-hydrogen) atoms. The third-order valence-corrected chi connectivity index (χ3v) is 3.18. The number of hydrogen-bond acceptors (Lipinski definition) is 3. The zero-order valence-corrected chi connectivity index (χ0v) is 10.5. The van der Waals surface area contributed by atoms with Crippen molar-refractivity contribution < 1.29 is 9.59 Å². The van der Waals surface area contributed by atoms with Crippen molar-refractivity contribution in [1.29, 1.82) is 5.26 Å². The van der Waals surface area contributed by atoms with E-state index < -0.39 is 0 Å². The summed E-state index contributed by atoms with van der Waals surface area (Å²) in [6.45, 7) is 3.32. The Balaban J connectivity index is 2.41. The number of carbonyl (C=O) groups is 2. The fourth-order valence-electron chi connectivity index (χ4n) is 1.91. The van der Waals surface area contributed by atoms with E-state index >= 15 is 0 Å². The molecule has 1 atom stereocenters. The number of likely N-dealkylation sites (tertiary alicyclic amines) is 1. The van der Waals surface area contributed by atoms with Gasteiger partial charge in [-0.15, -0.1) is 0 Å². The number of nitriles is 1. The van der Waals surface area contributed by atoms with E-state index in [-0.39, 0.29) is 18.4 Å². The van der Waals surface area contributed by atoms with Crippen LogP contribution in [-0.2, 0) is 9.59 Å². The maximum Gasteiger partial charge on any atom is 0.241 e. The fourth-order valence-corrected chi connectivity index (χ4v) is 1.91. The number of hydrogen-bond donors (Lipinski definition) is 0. The van der Waals surface area contributed by atoms with Crippen molar-refractivity contribution >= 4 is 11.8 Å². The van der Waals surface area contributed by atoms with Crippen molar-refractivity contribution in [2.24, 2.45) is 5.92 Å². The second kappa shape index (κ2) is 6.24. The monoisotopic (exact) mass is 237 g/mol. The molecule has 1 aliphatic heterocycles. The second-order valence-electron chi connectivity index (χ2n) is 4.48. The molecule has 1 aliphatic rings. The normalized spacial score (nSPS) is 19.2. The zero-order chi connectivity index (χ0) is 12.8. The van der Waals surface area contributed by atoms with Gasteiger partial charge in [0.15, 0.2) is 0 Å². The Kier molecular flexibility index (Phi) is 4.95. The summed E-state index contributed by atoms with van der Waals surface area (Å²) < 4.78 is 0. The Morgan fingerprint density at radius 1 is 1.65 bits per heavy atom. The number of amides is 2. The molecule has 0 radical (unpaired) electrons. The molecular weight excluding hydrogens is 218 g/mol. The van der Waals surface area contributed by atoms with E-state index in [1.165, 1.54) is 4.90 Å². The van der Waals surface area contributed by atoms with Gasteiger partial charge in [0.1, 0.15) is 0 Å². The summed E-state index contributed by atoms with van der Waals surface area (Å²) in [6, 6.07) is 2.00. The molecule has 1 heterocycles. The van der Waals surface area contributed by atoms with E-state index in [0.29, 0.717) is 31.8 Å². The molecular formula is C12H19N3O2. The third kappa shape index (κ3) is 3.74. The summed E-state index contributed by atoms with van der Waals surface area (Å²) in [5, 5.41) is 8.44. The van der Waals surface area contributed by atoms with Gasteiger partial charge >= 0.3 is 0 Å². The molecule has 1 fully saturated rings. The first kappa shape index (κ1) is 13.5. The third-order valence-electron chi connectivity index (χ3n) is 3.18. The van der Waals surface area contributed by atoms with Crippen LogP contribution >= 0.6 is 0 Å². The van der Waals surface area contributed by atoms with Gasteiger partial charge in [0.05, 0.1) is 19.0 Å². The molecule has 1 saturated heterocycles. The lowest BCUT2D eigenvalue weighted by molar-refractivity contribution is -0.137. The summed E-state index contributed by atoms with van der Waals surface area (Å²) >= 11 is 0. The summed E-state index contributed by atoms with van der Waals surface area (Å²) in [7, 11) is 1.66. The van der Waals surface area contributed by atoms with Crippen LogP contribution in [-0.4, -0.2) is 48.3 Å². The first-order chi connectivity index (χ1) is 8.08. The van der Waals surface area contributed by atoms with Crippen LogP contribution in [0, 0.1) is 17.2 Å². The highest BCUT2D eigenvalue weighted by Gasteiger charge is 2.30. The maximum atomic E-state index is 11.8. The first-order valence-electron chi connectivity index (χ1n) is 5.97. The Hall–Kier alpha value is -1.57. The lowest BCUT2D eigenvalue weighted by Gasteiger charge is -2.21. The lowest BCUT2D eigenvalue weighted by atomic mass is 10.1. The van der Waals surface area contributed by atoms with Gasteiger partial charge in [0, 0.05) is 26.6 Å². The molecule has 0 bridgehead atoms. The van der Waals surface area contributed by atoms with Gasteiger partial charge in [-0.1, -0.05) is 13.3 Å². The predicted molar refractivity (Wildman–Crippen MR) is 62.8 cm³/mol. The smallest absolute Gasteiger partial charge is 0.241 e. The van der Waals surface area contributed by atoms with Gasteiger partial charge in [-0.25, -0.2) is 0 Å². The second-order valence-corrected chi connectivity index (χ2v) is 4.48. The molecule has 5 heteroatoms. The molecule has 1 rings (SSSR count). The average Bonchev–Trinajstić information content (AvgIpc) is 2.67. The van der Waals surface area contributed by atoms with Gasteiger partial charge in [0.25, 0.3) is 0 Å². The summed E-state index contributed by atoms with van der Waals surface area (Å²) in [4.78, 5) is 26.5. The molecule has 0 aromatic carbocycles. The van der Waals surface area contributed by atoms with Crippen molar-refractivity contribution in [3.63, 3.8) is 0 Å². The van der Waals surface area contributed by atoms with Crippen molar-refractivity contribution in [1.82, 2.24) is 9.80 Å². The van der Waals surface area contributed by atoms with E-state index in [4.69, 9.17) is 5.26 Å². The summed E-state index contributed by atoms with van der Waals surface area (Å²) in [5.74, 6) is 0.365. The van der Waals surface area contributed by atoms with Gasteiger partial charge in [-0.05, 0) is 5.92 Å². The van der Waals surface area contributed by atoms with E-state index in [2.05, 4.69) is 6.92 Å². The Bertz CT molecular complexity index is 335. The van der Waals surface area contributed by atoms with Crippen molar-refractivity contribution in [2.45, 2.75) is 26.2 Å². The Morgan fingerprint density at radius 3 is 2.88 bits per heavy atom. The number of nitrogens with zero attached hydrogens (tertiary/aromatic N) is 3. The van der Waals surface area contributed by atoms with Crippen molar-refractivity contribution in [3.05, 3.63) is 0 Å². The first-order valence-corrected chi connectivity index (χ1v) is 5.97. The number of rotatable bonds is 5. The van der Waals surface area contributed by atoms with Gasteiger partial charge in [0.2, 0.25) is 11.8 Å². The highest BCUT2D eigenvalue weighted by molar-refractivity contribution is 5.86. The highest BCUT2D eigenvalue weighted by atomic mass is 16.2. The van der Waals surface area contributed by atoms with Crippen LogP contribution in [0.15, 0.2) is 0 Å². The molecule has 0 aromatic heterocycles.